The molecule has 1 atom stereocenters. The van der Waals surface area contributed by atoms with Crippen molar-refractivity contribution in [2.45, 2.75) is 51.4 Å². The van der Waals surface area contributed by atoms with Crippen LogP contribution in [0.1, 0.15) is 52.7 Å². The van der Waals surface area contributed by atoms with E-state index in [4.69, 9.17) is 14.7 Å². The van der Waals surface area contributed by atoms with Crippen LogP contribution in [0.15, 0.2) is 79.3 Å². The minimum absolute atomic E-state index is 0.427. The number of methoxy groups -OCH3 is 1. The van der Waals surface area contributed by atoms with E-state index in [9.17, 15) is 0 Å². The molecular formula is C32H35N7O. The van der Waals surface area contributed by atoms with E-state index in [1.54, 1.807) is 19.5 Å². The molecule has 0 amide bonds. The molecule has 204 valence electrons. The molecule has 0 bridgehead atoms. The van der Waals surface area contributed by atoms with Crippen LogP contribution in [0.3, 0.4) is 0 Å². The van der Waals surface area contributed by atoms with Crippen LogP contribution < -0.4 is 10.1 Å². The third-order valence-electron chi connectivity index (χ3n) is 7.58. The van der Waals surface area contributed by atoms with Gasteiger partial charge in [0.25, 0.3) is 0 Å². The molecule has 1 aliphatic carbocycles. The average molecular weight is 534 g/mol. The van der Waals surface area contributed by atoms with Crippen LogP contribution in [0, 0.1) is 0 Å². The van der Waals surface area contributed by atoms with E-state index < -0.39 is 0 Å². The van der Waals surface area contributed by atoms with Gasteiger partial charge in [0.1, 0.15) is 11.5 Å². The lowest BCUT2D eigenvalue weighted by molar-refractivity contribution is 0.225. The summed E-state index contributed by atoms with van der Waals surface area (Å²) in [5.74, 6) is 1.99. The van der Waals surface area contributed by atoms with E-state index in [-0.39, 0.29) is 0 Å². The van der Waals surface area contributed by atoms with Crippen molar-refractivity contribution in [2.24, 2.45) is 0 Å². The average Bonchev–Trinajstić information content (AvgIpc) is 3.41. The minimum atomic E-state index is 0.427. The Morgan fingerprint density at radius 1 is 0.900 bits per heavy atom. The third kappa shape index (κ3) is 6.19. The lowest BCUT2D eigenvalue weighted by Crippen LogP contribution is -2.30. The van der Waals surface area contributed by atoms with Crippen molar-refractivity contribution in [3.63, 3.8) is 0 Å². The highest BCUT2D eigenvalue weighted by Crippen LogP contribution is 2.31. The lowest BCUT2D eigenvalue weighted by Gasteiger charge is -2.30. The normalized spacial score (nSPS) is 14.9. The lowest BCUT2D eigenvalue weighted by atomic mass is 9.86. The highest BCUT2D eigenvalue weighted by molar-refractivity contribution is 5.74. The number of ether oxygens (including phenoxy) is 1. The number of benzene rings is 2. The summed E-state index contributed by atoms with van der Waals surface area (Å²) in [7, 11) is 1.62. The van der Waals surface area contributed by atoms with Crippen LogP contribution in [0.25, 0.3) is 11.0 Å². The van der Waals surface area contributed by atoms with Gasteiger partial charge in [-0.1, -0.05) is 42.5 Å². The number of aromatic amines is 1. The molecule has 1 unspecified atom stereocenters. The van der Waals surface area contributed by atoms with Crippen molar-refractivity contribution in [1.29, 1.82) is 0 Å². The zero-order valence-electron chi connectivity index (χ0n) is 22.9. The van der Waals surface area contributed by atoms with Gasteiger partial charge in [-0.2, -0.15) is 0 Å². The Bertz CT molecular complexity index is 1520. The van der Waals surface area contributed by atoms with Crippen molar-refractivity contribution >= 4 is 11.0 Å². The Morgan fingerprint density at radius 3 is 2.62 bits per heavy atom. The first-order valence-corrected chi connectivity index (χ1v) is 14.0. The number of aromatic nitrogens is 5. The van der Waals surface area contributed by atoms with Gasteiger partial charge in [-0.15, -0.1) is 0 Å². The number of para-hydroxylation sites is 2. The zero-order valence-corrected chi connectivity index (χ0v) is 22.9. The summed E-state index contributed by atoms with van der Waals surface area (Å²) in [6.07, 6.45) is 8.78. The largest absolute Gasteiger partial charge is 0.480 e. The van der Waals surface area contributed by atoms with Gasteiger partial charge >= 0.3 is 0 Å². The molecule has 2 aromatic carbocycles. The molecule has 0 saturated heterocycles. The number of nitrogens with zero attached hydrogens (tertiary/aromatic N) is 5. The number of pyridine rings is 1. The number of hydrogen-bond acceptors (Lipinski definition) is 7. The molecule has 8 nitrogen and oxygen atoms in total. The van der Waals surface area contributed by atoms with E-state index >= 15 is 0 Å². The summed E-state index contributed by atoms with van der Waals surface area (Å²) in [5, 5.41) is 3.45. The Hall–Kier alpha value is -4.14. The molecule has 5 aromatic rings. The Kier molecular flexibility index (Phi) is 8.07. The van der Waals surface area contributed by atoms with Crippen LogP contribution in [0.5, 0.6) is 5.88 Å². The summed E-state index contributed by atoms with van der Waals surface area (Å²) in [5.41, 5.74) is 8.08. The van der Waals surface area contributed by atoms with Gasteiger partial charge in [-0.3, -0.25) is 14.9 Å². The van der Waals surface area contributed by atoms with E-state index in [1.807, 2.05) is 18.3 Å². The Morgan fingerprint density at radius 2 is 1.75 bits per heavy atom. The van der Waals surface area contributed by atoms with Gasteiger partial charge < -0.3 is 15.0 Å². The molecule has 3 heterocycles. The quantitative estimate of drug-likeness (QED) is 0.242. The zero-order chi connectivity index (χ0) is 27.1. The molecule has 2 N–H and O–H groups in total. The molecule has 0 fully saturated rings. The maximum Gasteiger partial charge on any atom is 0.236 e. The molecular weight excluding hydrogens is 498 g/mol. The summed E-state index contributed by atoms with van der Waals surface area (Å²) >= 11 is 0. The molecule has 8 heteroatoms. The van der Waals surface area contributed by atoms with Crippen molar-refractivity contribution in [2.75, 3.05) is 13.7 Å². The van der Waals surface area contributed by atoms with Crippen molar-refractivity contribution in [1.82, 2.24) is 35.1 Å². The fourth-order valence-corrected chi connectivity index (χ4v) is 5.66. The highest BCUT2D eigenvalue weighted by atomic mass is 16.5. The van der Waals surface area contributed by atoms with Crippen LogP contribution in [-0.4, -0.2) is 43.5 Å². The maximum atomic E-state index is 5.31. The van der Waals surface area contributed by atoms with Crippen molar-refractivity contribution < 1.29 is 4.74 Å². The minimum Gasteiger partial charge on any atom is -0.480 e. The van der Waals surface area contributed by atoms with Gasteiger partial charge in [0.2, 0.25) is 5.88 Å². The van der Waals surface area contributed by atoms with Gasteiger partial charge in [-0.25, -0.2) is 9.97 Å². The first-order valence-electron chi connectivity index (χ1n) is 14.0. The van der Waals surface area contributed by atoms with Gasteiger partial charge in [-0.05, 0) is 54.2 Å². The molecule has 3 aromatic heterocycles. The second-order valence-corrected chi connectivity index (χ2v) is 10.4. The smallest absolute Gasteiger partial charge is 0.236 e. The van der Waals surface area contributed by atoms with E-state index in [1.165, 1.54) is 35.2 Å². The number of H-pyrrole nitrogens is 1. The number of nitrogens with one attached hydrogen (secondary N) is 2. The summed E-state index contributed by atoms with van der Waals surface area (Å²) < 4.78 is 5.31. The van der Waals surface area contributed by atoms with E-state index in [0.717, 1.165) is 55.2 Å². The number of rotatable bonds is 11. The fourth-order valence-electron chi connectivity index (χ4n) is 5.66. The number of imidazole rings is 1. The topological polar surface area (TPSA) is 91.9 Å². The molecule has 40 heavy (non-hydrogen) atoms. The molecule has 6 rings (SSSR count). The standard InChI is InChI=1S/C32H35N7O/c1-40-32-29(34-16-17-36-32)19-33-18-23-11-13-24(14-12-23)20-39(22-30-37-27-9-2-3-10-28(27)38-30)21-26-7-4-6-25-8-5-15-35-31(25)26/h2-3,5,8-17,26,33H,4,6-7,18-22H2,1H3,(H,37,38). The first kappa shape index (κ1) is 26.1. The van der Waals surface area contributed by atoms with Crippen LogP contribution in [0.4, 0.5) is 0 Å². The summed E-state index contributed by atoms with van der Waals surface area (Å²) in [6.45, 7) is 3.90. The Balaban J connectivity index is 1.14. The summed E-state index contributed by atoms with van der Waals surface area (Å²) in [6, 6.07) is 21.4. The second kappa shape index (κ2) is 12.4. The van der Waals surface area contributed by atoms with Gasteiger partial charge in [0.05, 0.1) is 24.7 Å². The van der Waals surface area contributed by atoms with Crippen LogP contribution in [0.2, 0.25) is 0 Å². The third-order valence-corrected chi connectivity index (χ3v) is 7.58. The number of hydrogen-bond donors (Lipinski definition) is 2. The van der Waals surface area contributed by atoms with Gasteiger partial charge in [0, 0.05) is 56.4 Å². The Labute approximate surface area is 234 Å². The van der Waals surface area contributed by atoms with Gasteiger partial charge in [0.15, 0.2) is 0 Å². The van der Waals surface area contributed by atoms with Crippen LogP contribution >= 0.6 is 0 Å². The van der Waals surface area contributed by atoms with Crippen molar-refractivity contribution in [3.05, 3.63) is 113 Å². The maximum absolute atomic E-state index is 5.31. The molecule has 1 aliphatic rings. The van der Waals surface area contributed by atoms with Crippen molar-refractivity contribution in [3.8, 4) is 5.88 Å². The monoisotopic (exact) mass is 533 g/mol. The fraction of sp³-hybridized carbons (Fsp3) is 0.312. The number of fused-ring (bicyclic) bond motifs is 2. The SMILES string of the molecule is COc1nccnc1CNCc1ccc(CN(Cc2nc3ccccc3[nH]2)CC2CCCc3cccnc32)cc1. The van der Waals surface area contributed by atoms with E-state index in [2.05, 4.69) is 73.7 Å². The highest BCUT2D eigenvalue weighted by Gasteiger charge is 2.24. The molecule has 0 radical (unpaired) electrons. The van der Waals surface area contributed by atoms with Crippen LogP contribution in [-0.2, 0) is 32.6 Å². The molecule has 0 aliphatic heterocycles. The number of aryl methyl sites for hydroxylation is 1. The van der Waals surface area contributed by atoms with E-state index in [0.29, 0.717) is 18.3 Å². The predicted molar refractivity (Wildman–Crippen MR) is 156 cm³/mol. The summed E-state index contributed by atoms with van der Waals surface area (Å²) in [4.78, 5) is 24.3. The first-order chi connectivity index (χ1) is 19.7. The predicted octanol–water partition coefficient (Wildman–Crippen LogP) is 5.17. The molecule has 0 spiro atoms. The molecule has 0 saturated carbocycles. The second-order valence-electron chi connectivity index (χ2n) is 10.4.